The van der Waals surface area contributed by atoms with Gasteiger partial charge in [-0.3, -0.25) is 9.71 Å². The number of aromatic nitrogens is 5. The first-order valence-electron chi connectivity index (χ1n) is 10.0. The number of hydrogen-bond donors (Lipinski definition) is 1. The van der Waals surface area contributed by atoms with Crippen LogP contribution in [0.15, 0.2) is 84.0 Å². The maximum absolute atomic E-state index is 14.3. The number of pyridine rings is 1. The highest BCUT2D eigenvalue weighted by Gasteiger charge is 2.20. The molecule has 0 aliphatic heterocycles. The van der Waals surface area contributed by atoms with Gasteiger partial charge in [-0.2, -0.15) is 9.61 Å². The zero-order chi connectivity index (χ0) is 23.7. The molecule has 0 spiro atoms. The van der Waals surface area contributed by atoms with E-state index in [4.69, 9.17) is 4.74 Å². The van der Waals surface area contributed by atoms with Crippen molar-refractivity contribution in [3.8, 4) is 28.4 Å². The summed E-state index contributed by atoms with van der Waals surface area (Å²) >= 11 is 0. The van der Waals surface area contributed by atoms with E-state index in [9.17, 15) is 12.8 Å². The third-order valence-electron chi connectivity index (χ3n) is 5.02. The van der Waals surface area contributed by atoms with Crippen LogP contribution in [-0.4, -0.2) is 40.3 Å². The van der Waals surface area contributed by atoms with Gasteiger partial charge in [-0.1, -0.05) is 12.1 Å². The SMILES string of the molecule is COc1ccc(S(=O)(=O)Nc2cccc(-c3ccc4nnc(-c5cccnc5)n4n3)c2)c(F)c1. The van der Waals surface area contributed by atoms with E-state index in [2.05, 4.69) is 25.0 Å². The molecule has 3 heterocycles. The molecule has 0 fully saturated rings. The van der Waals surface area contributed by atoms with Gasteiger partial charge in [-0.05, 0) is 48.5 Å². The van der Waals surface area contributed by atoms with Crippen molar-refractivity contribution in [1.29, 1.82) is 0 Å². The molecule has 0 aliphatic carbocycles. The number of benzene rings is 2. The fraction of sp³-hybridized carbons (Fsp3) is 0.0435. The topological polar surface area (TPSA) is 111 Å². The average molecular weight is 476 g/mol. The first-order chi connectivity index (χ1) is 16.4. The van der Waals surface area contributed by atoms with E-state index in [1.165, 1.54) is 13.2 Å². The Labute approximate surface area is 193 Å². The molecule has 1 N–H and O–H groups in total. The Morgan fingerprint density at radius 2 is 1.82 bits per heavy atom. The number of halogens is 1. The zero-order valence-corrected chi connectivity index (χ0v) is 18.6. The molecule has 0 radical (unpaired) electrons. The highest BCUT2D eigenvalue weighted by molar-refractivity contribution is 7.92. The van der Waals surface area contributed by atoms with Gasteiger partial charge in [0.15, 0.2) is 11.5 Å². The Morgan fingerprint density at radius 1 is 0.971 bits per heavy atom. The molecule has 0 amide bonds. The molecule has 5 rings (SSSR count). The van der Waals surface area contributed by atoms with Crippen molar-refractivity contribution >= 4 is 21.4 Å². The molecule has 11 heteroatoms. The van der Waals surface area contributed by atoms with Gasteiger partial charge in [-0.15, -0.1) is 10.2 Å². The second kappa shape index (κ2) is 8.52. The molecule has 0 atom stereocenters. The Balaban J connectivity index is 1.49. The predicted octanol–water partition coefficient (Wildman–Crippen LogP) is 3.80. The van der Waals surface area contributed by atoms with Crippen LogP contribution in [0, 0.1) is 5.82 Å². The van der Waals surface area contributed by atoms with Crippen molar-refractivity contribution in [2.24, 2.45) is 0 Å². The van der Waals surface area contributed by atoms with E-state index in [0.717, 1.165) is 17.7 Å². The standard InChI is InChI=1S/C23H17FN6O3S/c1-33-18-7-9-21(19(24)13-18)34(31,32)29-17-6-2-4-15(12-17)20-8-10-22-26-27-23(30(22)28-20)16-5-3-11-25-14-16/h2-14,29H,1H3. The number of sulfonamides is 1. The Kier molecular flexibility index (Phi) is 5.38. The molecule has 0 aliphatic rings. The predicted molar refractivity (Wildman–Crippen MR) is 123 cm³/mol. The molecule has 2 aromatic carbocycles. The highest BCUT2D eigenvalue weighted by Crippen LogP contribution is 2.26. The smallest absolute Gasteiger partial charge is 0.264 e. The minimum atomic E-state index is -4.17. The van der Waals surface area contributed by atoms with Crippen LogP contribution in [0.4, 0.5) is 10.1 Å². The zero-order valence-electron chi connectivity index (χ0n) is 17.8. The number of nitrogens with zero attached hydrogens (tertiary/aromatic N) is 5. The van der Waals surface area contributed by atoms with E-state index >= 15 is 0 Å². The number of nitrogens with one attached hydrogen (secondary N) is 1. The van der Waals surface area contributed by atoms with Gasteiger partial charge in [0.1, 0.15) is 16.5 Å². The first-order valence-corrected chi connectivity index (χ1v) is 11.5. The number of fused-ring (bicyclic) bond motifs is 1. The molecule has 5 aromatic rings. The van der Waals surface area contributed by atoms with E-state index in [1.807, 2.05) is 6.07 Å². The summed E-state index contributed by atoms with van der Waals surface area (Å²) in [5.41, 5.74) is 2.76. The Bertz CT molecular complexity index is 1610. The minimum absolute atomic E-state index is 0.222. The maximum atomic E-state index is 14.3. The molecule has 0 bridgehead atoms. The van der Waals surface area contributed by atoms with Gasteiger partial charge >= 0.3 is 0 Å². The molecule has 170 valence electrons. The van der Waals surface area contributed by atoms with Crippen LogP contribution in [-0.2, 0) is 10.0 Å². The molecule has 34 heavy (non-hydrogen) atoms. The van der Waals surface area contributed by atoms with Crippen molar-refractivity contribution < 1.29 is 17.5 Å². The maximum Gasteiger partial charge on any atom is 0.264 e. The van der Waals surface area contributed by atoms with Crippen LogP contribution in [0.5, 0.6) is 5.75 Å². The van der Waals surface area contributed by atoms with Crippen LogP contribution < -0.4 is 9.46 Å². The summed E-state index contributed by atoms with van der Waals surface area (Å²) < 4.78 is 48.8. The largest absolute Gasteiger partial charge is 0.497 e. The lowest BCUT2D eigenvalue weighted by molar-refractivity contribution is 0.410. The second-order valence-corrected chi connectivity index (χ2v) is 8.89. The average Bonchev–Trinajstić information content (AvgIpc) is 3.27. The number of rotatable bonds is 6. The van der Waals surface area contributed by atoms with Crippen molar-refractivity contribution in [1.82, 2.24) is 24.8 Å². The van der Waals surface area contributed by atoms with Gasteiger partial charge in [0.05, 0.1) is 12.8 Å². The van der Waals surface area contributed by atoms with Gasteiger partial charge in [0.2, 0.25) is 0 Å². The Hall–Kier alpha value is -4.38. The molecule has 9 nitrogen and oxygen atoms in total. The number of ether oxygens (including phenoxy) is 1. The lowest BCUT2D eigenvalue weighted by Gasteiger charge is -2.11. The van der Waals surface area contributed by atoms with Crippen LogP contribution in [0.1, 0.15) is 0 Å². The van der Waals surface area contributed by atoms with Crippen LogP contribution in [0.3, 0.4) is 0 Å². The first kappa shape index (κ1) is 21.5. The molecule has 0 saturated heterocycles. The number of methoxy groups -OCH3 is 1. The molecular weight excluding hydrogens is 459 g/mol. The summed E-state index contributed by atoms with van der Waals surface area (Å²) in [5, 5.41) is 13.0. The van der Waals surface area contributed by atoms with Crippen molar-refractivity contribution in [2.75, 3.05) is 11.8 Å². The fourth-order valence-electron chi connectivity index (χ4n) is 3.40. The highest BCUT2D eigenvalue weighted by atomic mass is 32.2. The third kappa shape index (κ3) is 4.04. The third-order valence-corrected chi connectivity index (χ3v) is 6.44. The van der Waals surface area contributed by atoms with E-state index < -0.39 is 20.7 Å². The second-order valence-electron chi connectivity index (χ2n) is 7.24. The van der Waals surface area contributed by atoms with E-state index in [0.29, 0.717) is 22.7 Å². The number of anilines is 1. The quantitative estimate of drug-likeness (QED) is 0.397. The van der Waals surface area contributed by atoms with Crippen LogP contribution in [0.25, 0.3) is 28.3 Å². The van der Waals surface area contributed by atoms with Crippen molar-refractivity contribution in [3.63, 3.8) is 0 Å². The summed E-state index contributed by atoms with van der Waals surface area (Å²) in [5.74, 6) is -0.165. The molecule has 0 unspecified atom stereocenters. The molecular formula is C23H17FN6O3S. The summed E-state index contributed by atoms with van der Waals surface area (Å²) in [6, 6.07) is 17.4. The Morgan fingerprint density at radius 3 is 2.59 bits per heavy atom. The number of hydrogen-bond acceptors (Lipinski definition) is 7. The van der Waals surface area contributed by atoms with Gasteiger partial charge in [0, 0.05) is 35.3 Å². The summed E-state index contributed by atoms with van der Waals surface area (Å²) in [4.78, 5) is 3.62. The van der Waals surface area contributed by atoms with Gasteiger partial charge < -0.3 is 4.74 Å². The van der Waals surface area contributed by atoms with E-state index in [1.54, 1.807) is 59.4 Å². The summed E-state index contributed by atoms with van der Waals surface area (Å²) in [6.07, 6.45) is 3.33. The van der Waals surface area contributed by atoms with Gasteiger partial charge in [0.25, 0.3) is 10.0 Å². The fourth-order valence-corrected chi connectivity index (χ4v) is 4.51. The molecule has 3 aromatic heterocycles. The molecule has 0 saturated carbocycles. The van der Waals surface area contributed by atoms with Crippen LogP contribution in [0.2, 0.25) is 0 Å². The minimum Gasteiger partial charge on any atom is -0.497 e. The van der Waals surface area contributed by atoms with E-state index in [-0.39, 0.29) is 11.4 Å². The normalized spacial score (nSPS) is 11.5. The monoisotopic (exact) mass is 476 g/mol. The summed E-state index contributed by atoms with van der Waals surface area (Å²) in [6.45, 7) is 0. The van der Waals surface area contributed by atoms with Crippen molar-refractivity contribution in [3.05, 3.63) is 84.9 Å². The lowest BCUT2D eigenvalue weighted by Crippen LogP contribution is -2.14. The lowest BCUT2D eigenvalue weighted by atomic mass is 10.1. The van der Waals surface area contributed by atoms with Crippen molar-refractivity contribution in [2.45, 2.75) is 4.90 Å². The van der Waals surface area contributed by atoms with Gasteiger partial charge in [-0.25, -0.2) is 12.8 Å². The summed E-state index contributed by atoms with van der Waals surface area (Å²) in [7, 11) is -2.80. The van der Waals surface area contributed by atoms with Crippen LogP contribution >= 0.6 is 0 Å².